The predicted octanol–water partition coefficient (Wildman–Crippen LogP) is 7.51. The van der Waals surface area contributed by atoms with E-state index in [1.54, 1.807) is 0 Å². The molecule has 1 heteroatoms. The second-order valence-electron chi connectivity index (χ2n) is 10.1. The Morgan fingerprint density at radius 2 is 1.33 bits per heavy atom. The van der Waals surface area contributed by atoms with Crippen molar-refractivity contribution in [1.29, 1.82) is 0 Å². The Kier molecular flexibility index (Phi) is 5.34. The van der Waals surface area contributed by atoms with Crippen LogP contribution in [0.5, 0.6) is 0 Å². The van der Waals surface area contributed by atoms with Crippen LogP contribution in [0, 0.1) is 0 Å². The molecule has 0 fully saturated rings. The zero-order valence-corrected chi connectivity index (χ0v) is 20.8. The molecule has 174 valence electrons. The maximum atomic E-state index is 4.25. The highest BCUT2D eigenvalue weighted by Gasteiger charge is 2.36. The van der Waals surface area contributed by atoms with Crippen LogP contribution in [-0.2, 0) is 5.41 Å². The van der Waals surface area contributed by atoms with Crippen molar-refractivity contribution < 1.29 is 0 Å². The highest BCUT2D eigenvalue weighted by atomic mass is 14.9. The van der Waals surface area contributed by atoms with Gasteiger partial charge in [0.15, 0.2) is 0 Å². The average molecular weight is 464 g/mol. The average Bonchev–Trinajstić information content (AvgIpc) is 3.11. The third-order valence-electron chi connectivity index (χ3n) is 7.40. The van der Waals surface area contributed by atoms with Gasteiger partial charge >= 0.3 is 0 Å². The van der Waals surface area contributed by atoms with Crippen molar-refractivity contribution in [1.82, 2.24) is 0 Å². The van der Waals surface area contributed by atoms with E-state index in [-0.39, 0.29) is 5.41 Å². The van der Waals surface area contributed by atoms with E-state index in [4.69, 9.17) is 0 Å². The van der Waals surface area contributed by atoms with Crippen LogP contribution in [-0.4, -0.2) is 0 Å². The number of nitrogens with one attached hydrogen (secondary N) is 1. The topological polar surface area (TPSA) is 12.0 Å². The SMILES string of the molecule is C=c1cccc/c1=C/C1=C(Nc2ccc(-c3ccc4ccccc4c3)cc2)c2ccccc2C1(C)C. The molecule has 0 saturated heterocycles. The predicted molar refractivity (Wildman–Crippen MR) is 155 cm³/mol. The zero-order chi connectivity index (χ0) is 24.7. The van der Waals surface area contributed by atoms with Gasteiger partial charge in [-0.05, 0) is 67.7 Å². The van der Waals surface area contributed by atoms with E-state index in [1.807, 2.05) is 6.07 Å². The van der Waals surface area contributed by atoms with E-state index in [0.29, 0.717) is 0 Å². The molecule has 5 aromatic carbocycles. The lowest BCUT2D eigenvalue weighted by atomic mass is 9.81. The number of allylic oxidation sites excluding steroid dienone is 1. The number of benzene rings is 5. The Morgan fingerprint density at radius 1 is 0.667 bits per heavy atom. The summed E-state index contributed by atoms with van der Waals surface area (Å²) in [6, 6.07) is 41.0. The second kappa shape index (κ2) is 8.70. The molecule has 1 aliphatic carbocycles. The van der Waals surface area contributed by atoms with Crippen LogP contribution in [0.25, 0.3) is 40.3 Å². The summed E-state index contributed by atoms with van der Waals surface area (Å²) in [5.41, 5.74) is 8.44. The first kappa shape index (κ1) is 22.1. The van der Waals surface area contributed by atoms with Crippen molar-refractivity contribution >= 4 is 34.8 Å². The molecule has 0 radical (unpaired) electrons. The molecule has 1 N–H and O–H groups in total. The van der Waals surface area contributed by atoms with Gasteiger partial charge in [-0.15, -0.1) is 0 Å². The lowest BCUT2D eigenvalue weighted by Gasteiger charge is -2.22. The van der Waals surface area contributed by atoms with Gasteiger partial charge in [0.25, 0.3) is 0 Å². The fourth-order valence-electron chi connectivity index (χ4n) is 5.33. The first-order valence-electron chi connectivity index (χ1n) is 12.5. The van der Waals surface area contributed by atoms with Crippen LogP contribution in [0.4, 0.5) is 5.69 Å². The molecule has 0 heterocycles. The molecule has 0 bridgehead atoms. The molecule has 5 aromatic rings. The first-order valence-corrected chi connectivity index (χ1v) is 12.5. The number of hydrogen-bond acceptors (Lipinski definition) is 1. The summed E-state index contributed by atoms with van der Waals surface area (Å²) in [5.74, 6) is 0. The Labute approximate surface area is 212 Å². The highest BCUT2D eigenvalue weighted by Crippen LogP contribution is 2.46. The van der Waals surface area contributed by atoms with E-state index in [2.05, 4.69) is 141 Å². The smallest absolute Gasteiger partial charge is 0.0502 e. The molecule has 1 aliphatic rings. The largest absolute Gasteiger partial charge is 0.355 e. The molecule has 0 aliphatic heterocycles. The van der Waals surface area contributed by atoms with E-state index in [9.17, 15) is 0 Å². The van der Waals surface area contributed by atoms with Crippen LogP contribution in [0.1, 0.15) is 25.0 Å². The Hall–Kier alpha value is -4.36. The summed E-state index contributed by atoms with van der Waals surface area (Å²) in [7, 11) is 0. The van der Waals surface area contributed by atoms with Gasteiger partial charge in [-0.3, -0.25) is 0 Å². The van der Waals surface area contributed by atoms with Crippen LogP contribution in [0.3, 0.4) is 0 Å². The maximum absolute atomic E-state index is 4.25. The Morgan fingerprint density at radius 3 is 2.14 bits per heavy atom. The summed E-state index contributed by atoms with van der Waals surface area (Å²) in [6.07, 6.45) is 2.30. The lowest BCUT2D eigenvalue weighted by Crippen LogP contribution is -2.25. The minimum absolute atomic E-state index is 0.119. The molecule has 6 rings (SSSR count). The molecule has 0 spiro atoms. The van der Waals surface area contributed by atoms with Gasteiger partial charge in [-0.2, -0.15) is 0 Å². The minimum Gasteiger partial charge on any atom is -0.355 e. The van der Waals surface area contributed by atoms with Crippen molar-refractivity contribution in [3.63, 3.8) is 0 Å². The maximum Gasteiger partial charge on any atom is 0.0502 e. The number of rotatable bonds is 4. The number of fused-ring (bicyclic) bond motifs is 2. The number of anilines is 1. The number of hydrogen-bond donors (Lipinski definition) is 1. The monoisotopic (exact) mass is 463 g/mol. The van der Waals surface area contributed by atoms with Crippen LogP contribution in [0.2, 0.25) is 0 Å². The third kappa shape index (κ3) is 3.83. The lowest BCUT2D eigenvalue weighted by molar-refractivity contribution is 0.661. The fraction of sp³-hybridized carbons (Fsp3) is 0.0857. The van der Waals surface area contributed by atoms with Gasteiger partial charge in [-0.25, -0.2) is 0 Å². The fourth-order valence-corrected chi connectivity index (χ4v) is 5.33. The van der Waals surface area contributed by atoms with E-state index >= 15 is 0 Å². The zero-order valence-electron chi connectivity index (χ0n) is 20.8. The van der Waals surface area contributed by atoms with Crippen molar-refractivity contribution in [3.8, 4) is 11.1 Å². The van der Waals surface area contributed by atoms with Crippen LogP contribution in [0.15, 0.2) is 121 Å². The summed E-state index contributed by atoms with van der Waals surface area (Å²) in [4.78, 5) is 0. The first-order chi connectivity index (χ1) is 17.5. The van der Waals surface area contributed by atoms with Gasteiger partial charge in [0.05, 0.1) is 5.70 Å². The van der Waals surface area contributed by atoms with Crippen molar-refractivity contribution in [2.24, 2.45) is 0 Å². The van der Waals surface area contributed by atoms with Crippen LogP contribution < -0.4 is 15.8 Å². The molecule has 0 unspecified atom stereocenters. The molecule has 36 heavy (non-hydrogen) atoms. The van der Waals surface area contributed by atoms with Crippen molar-refractivity contribution in [2.75, 3.05) is 5.32 Å². The molecule has 0 saturated carbocycles. The van der Waals surface area contributed by atoms with Gasteiger partial charge < -0.3 is 5.32 Å². The summed E-state index contributed by atoms with van der Waals surface area (Å²) < 4.78 is 0. The molecule has 0 atom stereocenters. The summed E-state index contributed by atoms with van der Waals surface area (Å²) in [6.45, 7) is 8.86. The molecular weight excluding hydrogens is 434 g/mol. The van der Waals surface area contributed by atoms with Crippen LogP contribution >= 0.6 is 0 Å². The van der Waals surface area contributed by atoms with E-state index in [1.165, 1.54) is 38.6 Å². The van der Waals surface area contributed by atoms with Crippen molar-refractivity contribution in [3.05, 3.63) is 142 Å². The van der Waals surface area contributed by atoms with E-state index < -0.39 is 0 Å². The Balaban J connectivity index is 1.41. The normalized spacial score (nSPS) is 14.8. The van der Waals surface area contributed by atoms with Gasteiger partial charge in [0.1, 0.15) is 0 Å². The highest BCUT2D eigenvalue weighted by molar-refractivity contribution is 5.92. The minimum atomic E-state index is -0.119. The quantitative estimate of drug-likeness (QED) is 0.291. The molecular formula is C35H29N. The van der Waals surface area contributed by atoms with Gasteiger partial charge in [0, 0.05) is 16.7 Å². The standard InChI is InChI=1S/C35H29N/c1-24-10-4-5-12-27(24)23-33-34(31-14-8-9-15-32(31)35(33,2)3)36-30-20-18-26(19-21-30)29-17-16-25-11-6-7-13-28(25)22-29/h4-23,36H,1H2,2-3H3/b27-23-. The Bertz CT molecular complexity index is 1740. The van der Waals surface area contributed by atoms with Gasteiger partial charge in [0.2, 0.25) is 0 Å². The molecule has 0 amide bonds. The summed E-state index contributed by atoms with van der Waals surface area (Å²) >= 11 is 0. The molecule has 1 nitrogen and oxygen atoms in total. The summed E-state index contributed by atoms with van der Waals surface area (Å²) in [5, 5.41) is 8.50. The molecule has 0 aromatic heterocycles. The second-order valence-corrected chi connectivity index (χ2v) is 10.1. The third-order valence-corrected chi connectivity index (χ3v) is 7.40. The van der Waals surface area contributed by atoms with Crippen molar-refractivity contribution in [2.45, 2.75) is 19.3 Å². The van der Waals surface area contributed by atoms with Gasteiger partial charge in [-0.1, -0.05) is 117 Å². The van der Waals surface area contributed by atoms with E-state index in [0.717, 1.165) is 21.8 Å².